The van der Waals surface area contributed by atoms with Crippen LogP contribution in [0.25, 0.3) is 0 Å². The number of aryl methyl sites for hydroxylation is 3. The number of hydrogen-bond acceptors (Lipinski definition) is 6. The third-order valence-electron chi connectivity index (χ3n) is 6.35. The lowest BCUT2D eigenvalue weighted by Gasteiger charge is -2.50. The molecule has 2 fully saturated rings. The van der Waals surface area contributed by atoms with E-state index in [0.717, 1.165) is 25.3 Å². The van der Waals surface area contributed by atoms with Crippen molar-refractivity contribution in [2.45, 2.75) is 26.3 Å². The predicted octanol–water partition coefficient (Wildman–Crippen LogP) is 2.16. The second kappa shape index (κ2) is 7.05. The van der Waals surface area contributed by atoms with Crippen LogP contribution in [0.4, 0.5) is 0 Å². The Morgan fingerprint density at radius 3 is 2.60 bits per heavy atom. The molecule has 1 spiro atoms. The van der Waals surface area contributed by atoms with Crippen molar-refractivity contribution in [2.24, 2.45) is 12.5 Å². The van der Waals surface area contributed by atoms with Crippen LogP contribution in [0.3, 0.4) is 0 Å². The Balaban J connectivity index is 1.36. The lowest BCUT2D eigenvalue weighted by molar-refractivity contribution is -0.00130. The summed E-state index contributed by atoms with van der Waals surface area (Å²) in [4.78, 5) is 21.9. The van der Waals surface area contributed by atoms with Gasteiger partial charge in [-0.05, 0) is 19.4 Å². The highest BCUT2D eigenvalue weighted by molar-refractivity contribution is 5.95. The fourth-order valence-electron chi connectivity index (χ4n) is 4.99. The molecule has 156 valence electrons. The fourth-order valence-corrected chi connectivity index (χ4v) is 4.99. The van der Waals surface area contributed by atoms with Gasteiger partial charge in [-0.25, -0.2) is 0 Å². The Morgan fingerprint density at radius 1 is 1.20 bits per heavy atom. The molecule has 8 heteroatoms. The van der Waals surface area contributed by atoms with Gasteiger partial charge in [0.1, 0.15) is 0 Å². The van der Waals surface area contributed by atoms with Crippen LogP contribution in [-0.2, 0) is 13.6 Å². The van der Waals surface area contributed by atoms with Crippen molar-refractivity contribution in [3.63, 3.8) is 0 Å². The summed E-state index contributed by atoms with van der Waals surface area (Å²) in [7, 11) is 1.84. The Morgan fingerprint density at radius 2 is 1.97 bits per heavy atom. The summed E-state index contributed by atoms with van der Waals surface area (Å²) >= 11 is 0. The zero-order valence-electron chi connectivity index (χ0n) is 17.6. The third-order valence-corrected chi connectivity index (χ3v) is 6.35. The monoisotopic (exact) mass is 406 g/mol. The van der Waals surface area contributed by atoms with Crippen LogP contribution in [0.5, 0.6) is 0 Å². The summed E-state index contributed by atoms with van der Waals surface area (Å²) in [5.74, 6) is 1.52. The van der Waals surface area contributed by atoms with Crippen molar-refractivity contribution in [3.8, 4) is 0 Å². The number of hydrogen-bond donors (Lipinski definition) is 0. The summed E-state index contributed by atoms with van der Waals surface area (Å²) < 4.78 is 7.27. The van der Waals surface area contributed by atoms with Crippen molar-refractivity contribution in [1.29, 1.82) is 0 Å². The number of likely N-dealkylation sites (tertiary alicyclic amines) is 2. The van der Waals surface area contributed by atoms with Gasteiger partial charge in [-0.3, -0.25) is 14.4 Å². The minimum absolute atomic E-state index is 0.0493. The van der Waals surface area contributed by atoms with E-state index in [1.807, 2.05) is 31.9 Å². The second-order valence-corrected chi connectivity index (χ2v) is 8.71. The average Bonchev–Trinajstić information content (AvgIpc) is 3.37. The number of carbonyl (C=O) groups is 1. The summed E-state index contributed by atoms with van der Waals surface area (Å²) in [6.07, 6.45) is 1.80. The molecule has 8 nitrogen and oxygen atoms in total. The molecule has 0 radical (unpaired) electrons. The lowest BCUT2D eigenvalue weighted by Crippen LogP contribution is -2.61. The second-order valence-electron chi connectivity index (χ2n) is 8.71. The molecule has 1 aromatic carbocycles. The van der Waals surface area contributed by atoms with Crippen LogP contribution >= 0.6 is 0 Å². The van der Waals surface area contributed by atoms with E-state index >= 15 is 0 Å². The summed E-state index contributed by atoms with van der Waals surface area (Å²) in [5.41, 5.74) is 2.68. The van der Waals surface area contributed by atoms with Crippen LogP contribution in [-0.4, -0.2) is 61.8 Å². The van der Waals surface area contributed by atoms with Gasteiger partial charge in [0.05, 0.1) is 17.2 Å². The van der Waals surface area contributed by atoms with Crippen LogP contribution in [0.1, 0.15) is 39.2 Å². The molecule has 0 bridgehead atoms. The van der Waals surface area contributed by atoms with Gasteiger partial charge < -0.3 is 9.42 Å². The van der Waals surface area contributed by atoms with Gasteiger partial charge in [0.2, 0.25) is 5.89 Å². The largest absolute Gasteiger partial charge is 0.339 e. The number of carbonyl (C=O) groups excluding carboxylic acids is 1. The molecule has 1 atom stereocenters. The van der Waals surface area contributed by atoms with E-state index in [4.69, 9.17) is 4.52 Å². The number of nitrogens with zero attached hydrogens (tertiary/aromatic N) is 6. The topological polar surface area (TPSA) is 80.3 Å². The first-order valence-electron chi connectivity index (χ1n) is 10.3. The molecule has 4 heterocycles. The maximum Gasteiger partial charge on any atom is 0.257 e. The van der Waals surface area contributed by atoms with E-state index in [1.165, 1.54) is 5.56 Å². The maximum absolute atomic E-state index is 13.0. The molecule has 1 amide bonds. The van der Waals surface area contributed by atoms with Gasteiger partial charge in [0.15, 0.2) is 5.82 Å². The molecule has 1 unspecified atom stereocenters. The highest BCUT2D eigenvalue weighted by atomic mass is 16.5. The molecule has 0 N–H and O–H groups in total. The molecule has 0 aliphatic carbocycles. The van der Waals surface area contributed by atoms with E-state index in [1.54, 1.807) is 10.9 Å². The van der Waals surface area contributed by atoms with Crippen molar-refractivity contribution in [2.75, 3.05) is 26.2 Å². The summed E-state index contributed by atoms with van der Waals surface area (Å²) in [6, 6.07) is 10.5. The highest BCUT2D eigenvalue weighted by Gasteiger charge is 2.57. The third kappa shape index (κ3) is 3.21. The predicted molar refractivity (Wildman–Crippen MR) is 110 cm³/mol. The van der Waals surface area contributed by atoms with E-state index < -0.39 is 0 Å². The van der Waals surface area contributed by atoms with E-state index in [9.17, 15) is 4.79 Å². The van der Waals surface area contributed by atoms with Crippen molar-refractivity contribution in [1.82, 2.24) is 29.7 Å². The average molecular weight is 406 g/mol. The highest BCUT2D eigenvalue weighted by Crippen LogP contribution is 2.49. The molecule has 2 saturated heterocycles. The Kier molecular flexibility index (Phi) is 4.47. The Hall–Kier alpha value is -3.00. The van der Waals surface area contributed by atoms with Crippen LogP contribution in [0.15, 0.2) is 41.1 Å². The van der Waals surface area contributed by atoms with Gasteiger partial charge in [0.25, 0.3) is 5.91 Å². The minimum atomic E-state index is -0.0560. The van der Waals surface area contributed by atoms with E-state index in [-0.39, 0.29) is 17.2 Å². The van der Waals surface area contributed by atoms with Gasteiger partial charge in [-0.15, -0.1) is 0 Å². The molecular weight excluding hydrogens is 380 g/mol. The minimum Gasteiger partial charge on any atom is -0.339 e. The number of amides is 1. The van der Waals surface area contributed by atoms with Crippen LogP contribution < -0.4 is 0 Å². The lowest BCUT2D eigenvalue weighted by atomic mass is 9.71. The standard InChI is InChI=1S/C22H26N6O2/c1-15-18(10-26(3)24-15)21(29)28-13-22(14-28)12-27(9-17-7-5-4-6-8-17)11-19(22)20-23-16(2)25-30-20/h4-8,10,19H,9,11-14H2,1-3H3. The van der Waals surface area contributed by atoms with Crippen molar-refractivity contribution < 1.29 is 9.32 Å². The molecule has 0 saturated carbocycles. The smallest absolute Gasteiger partial charge is 0.257 e. The molecule has 2 aliphatic heterocycles. The van der Waals surface area contributed by atoms with Gasteiger partial charge in [-0.1, -0.05) is 35.5 Å². The molecule has 3 aromatic rings. The quantitative estimate of drug-likeness (QED) is 0.661. The number of rotatable bonds is 4. The van der Waals surface area contributed by atoms with E-state index in [2.05, 4.69) is 44.4 Å². The Labute approximate surface area is 175 Å². The molecule has 2 aromatic heterocycles. The maximum atomic E-state index is 13.0. The van der Waals surface area contributed by atoms with Crippen molar-refractivity contribution in [3.05, 3.63) is 65.1 Å². The van der Waals surface area contributed by atoms with Gasteiger partial charge in [-0.2, -0.15) is 10.1 Å². The van der Waals surface area contributed by atoms with Crippen LogP contribution in [0.2, 0.25) is 0 Å². The summed E-state index contributed by atoms with van der Waals surface area (Å²) in [6.45, 7) is 7.74. The van der Waals surface area contributed by atoms with Crippen LogP contribution in [0, 0.1) is 19.3 Å². The Bertz CT molecular complexity index is 1070. The molecule has 30 heavy (non-hydrogen) atoms. The SMILES string of the molecule is Cc1noc(C2CN(Cc3ccccc3)CC23CN(C(=O)c2cn(C)nc2C)C3)n1. The normalized spacial score (nSPS) is 20.6. The summed E-state index contributed by atoms with van der Waals surface area (Å²) in [5, 5.41) is 8.33. The fraction of sp³-hybridized carbons (Fsp3) is 0.455. The molecule has 2 aliphatic rings. The molecular formula is C22H26N6O2. The van der Waals surface area contributed by atoms with Gasteiger partial charge >= 0.3 is 0 Å². The van der Waals surface area contributed by atoms with Crippen molar-refractivity contribution >= 4 is 5.91 Å². The first-order valence-corrected chi connectivity index (χ1v) is 10.3. The first-order chi connectivity index (χ1) is 14.4. The zero-order valence-corrected chi connectivity index (χ0v) is 17.6. The zero-order chi connectivity index (χ0) is 20.9. The first kappa shape index (κ1) is 19.0. The molecule has 5 rings (SSSR count). The van der Waals surface area contributed by atoms with Gasteiger partial charge in [0, 0.05) is 51.4 Å². The number of benzene rings is 1. The van der Waals surface area contributed by atoms with E-state index in [0.29, 0.717) is 30.4 Å². The number of aromatic nitrogens is 4.